The fourth-order valence-corrected chi connectivity index (χ4v) is 5.07. The number of likely N-dealkylation sites (tertiary alicyclic amines) is 1. The van der Waals surface area contributed by atoms with Crippen LogP contribution >= 0.6 is 11.8 Å². The minimum atomic E-state index is -0.218. The summed E-state index contributed by atoms with van der Waals surface area (Å²) < 4.78 is 4.81. The highest BCUT2D eigenvalue weighted by Crippen LogP contribution is 2.25. The van der Waals surface area contributed by atoms with E-state index in [4.69, 9.17) is 0 Å². The lowest BCUT2D eigenvalue weighted by molar-refractivity contribution is -0.134. The molecule has 1 amide bonds. The average Bonchev–Trinajstić information content (AvgIpc) is 3.29. The molecule has 10 heteroatoms. The predicted octanol–water partition coefficient (Wildman–Crippen LogP) is 2.34. The normalized spacial score (nSPS) is 19.0. The molecule has 3 heterocycles. The topological polar surface area (TPSA) is 90.8 Å². The molecule has 4 rings (SSSR count). The van der Waals surface area contributed by atoms with Crippen LogP contribution in [-0.4, -0.2) is 58.2 Å². The molecule has 164 valence electrons. The van der Waals surface area contributed by atoms with Crippen LogP contribution in [0.15, 0.2) is 40.3 Å². The molecule has 1 saturated heterocycles. The third-order valence-electron chi connectivity index (χ3n) is 5.98. The van der Waals surface area contributed by atoms with Crippen molar-refractivity contribution in [2.24, 2.45) is 7.05 Å². The number of piperidine rings is 1. The zero-order chi connectivity index (χ0) is 22.1. The molecule has 0 bridgehead atoms. The van der Waals surface area contributed by atoms with Crippen LogP contribution in [0.5, 0.6) is 0 Å². The van der Waals surface area contributed by atoms with Gasteiger partial charge in [0, 0.05) is 19.1 Å². The number of rotatable bonds is 5. The number of nitrogens with zero attached hydrogens (tertiary/aromatic N) is 7. The van der Waals surface area contributed by atoms with Crippen LogP contribution in [0.3, 0.4) is 0 Å². The van der Waals surface area contributed by atoms with E-state index < -0.39 is 0 Å². The molecular formula is C21H27N7O2S. The van der Waals surface area contributed by atoms with Gasteiger partial charge in [-0.05, 0) is 62.6 Å². The summed E-state index contributed by atoms with van der Waals surface area (Å²) in [5.74, 6) is 0.305. The molecule has 0 N–H and O–H groups in total. The number of carbonyl (C=O) groups is 1. The number of para-hydroxylation sites is 1. The largest absolute Gasteiger partial charge is 0.337 e. The molecule has 31 heavy (non-hydrogen) atoms. The van der Waals surface area contributed by atoms with Crippen molar-refractivity contribution < 1.29 is 4.79 Å². The maximum atomic E-state index is 13.3. The molecule has 0 spiro atoms. The van der Waals surface area contributed by atoms with Crippen molar-refractivity contribution in [2.75, 3.05) is 5.75 Å². The van der Waals surface area contributed by atoms with Gasteiger partial charge in [0.1, 0.15) is 0 Å². The van der Waals surface area contributed by atoms with Crippen molar-refractivity contribution in [3.8, 4) is 11.4 Å². The van der Waals surface area contributed by atoms with E-state index in [1.807, 2.05) is 49.2 Å². The summed E-state index contributed by atoms with van der Waals surface area (Å²) in [6, 6.07) is 9.90. The smallest absolute Gasteiger partial charge is 0.297 e. The van der Waals surface area contributed by atoms with Crippen LogP contribution in [0.25, 0.3) is 11.4 Å². The van der Waals surface area contributed by atoms with Gasteiger partial charge in [-0.1, -0.05) is 30.0 Å². The quantitative estimate of drug-likeness (QED) is 0.565. The van der Waals surface area contributed by atoms with Gasteiger partial charge in [-0.15, -0.1) is 5.10 Å². The summed E-state index contributed by atoms with van der Waals surface area (Å²) in [4.78, 5) is 28.1. The molecule has 1 aliphatic rings. The van der Waals surface area contributed by atoms with E-state index >= 15 is 0 Å². The van der Waals surface area contributed by atoms with Crippen molar-refractivity contribution in [3.05, 3.63) is 46.4 Å². The SMILES string of the molecule is Cc1c(-n2nnnc2SCC(=O)N2C(C)CCCC2C)c(=O)n(-c2ccccc2)n1C. The fraction of sp³-hybridized carbons (Fsp3) is 0.476. The number of tetrazole rings is 1. The van der Waals surface area contributed by atoms with E-state index in [1.54, 1.807) is 9.36 Å². The molecule has 1 aromatic carbocycles. The average molecular weight is 442 g/mol. The number of amides is 1. The van der Waals surface area contributed by atoms with E-state index in [0.717, 1.165) is 30.6 Å². The Hall–Kier alpha value is -2.88. The maximum Gasteiger partial charge on any atom is 0.297 e. The van der Waals surface area contributed by atoms with Gasteiger partial charge in [-0.2, -0.15) is 4.68 Å². The van der Waals surface area contributed by atoms with Gasteiger partial charge in [0.2, 0.25) is 11.1 Å². The standard InChI is InChI=1S/C21H27N7O2S/c1-14-9-8-10-15(2)26(14)18(29)13-31-21-22-23-24-27(21)19-16(3)25(4)28(20(19)30)17-11-6-5-7-12-17/h5-7,11-12,14-15H,8-10,13H2,1-4H3. The Morgan fingerprint density at radius 1 is 1.16 bits per heavy atom. The summed E-state index contributed by atoms with van der Waals surface area (Å²) >= 11 is 1.26. The summed E-state index contributed by atoms with van der Waals surface area (Å²) in [7, 11) is 1.83. The van der Waals surface area contributed by atoms with E-state index in [0.29, 0.717) is 10.8 Å². The lowest BCUT2D eigenvalue weighted by Crippen LogP contribution is -2.48. The second-order valence-corrected chi connectivity index (χ2v) is 8.94. The van der Waals surface area contributed by atoms with Crippen LogP contribution in [-0.2, 0) is 11.8 Å². The Morgan fingerprint density at radius 3 is 2.52 bits per heavy atom. The zero-order valence-corrected chi connectivity index (χ0v) is 19.0. The Labute approximate surface area is 185 Å². The predicted molar refractivity (Wildman–Crippen MR) is 119 cm³/mol. The summed E-state index contributed by atoms with van der Waals surface area (Å²) in [5.41, 5.74) is 1.65. The molecule has 1 fully saturated rings. The summed E-state index contributed by atoms with van der Waals surface area (Å²) in [6.45, 7) is 6.05. The second kappa shape index (κ2) is 8.70. The molecule has 9 nitrogen and oxygen atoms in total. The van der Waals surface area contributed by atoms with Crippen molar-refractivity contribution in [2.45, 2.75) is 57.3 Å². The van der Waals surface area contributed by atoms with Crippen molar-refractivity contribution in [3.63, 3.8) is 0 Å². The van der Waals surface area contributed by atoms with Crippen LogP contribution in [0.2, 0.25) is 0 Å². The molecule has 2 atom stereocenters. The van der Waals surface area contributed by atoms with Gasteiger partial charge >= 0.3 is 0 Å². The minimum absolute atomic E-state index is 0.0748. The van der Waals surface area contributed by atoms with Gasteiger partial charge < -0.3 is 4.90 Å². The highest BCUT2D eigenvalue weighted by Gasteiger charge is 2.29. The monoisotopic (exact) mass is 441 g/mol. The molecule has 0 aliphatic carbocycles. The highest BCUT2D eigenvalue weighted by atomic mass is 32.2. The highest BCUT2D eigenvalue weighted by molar-refractivity contribution is 7.99. The first kappa shape index (κ1) is 21.4. The Balaban J connectivity index is 1.61. The van der Waals surface area contributed by atoms with E-state index in [-0.39, 0.29) is 29.3 Å². The first-order valence-electron chi connectivity index (χ1n) is 10.5. The van der Waals surface area contributed by atoms with Gasteiger partial charge in [-0.3, -0.25) is 14.3 Å². The van der Waals surface area contributed by atoms with Gasteiger partial charge in [-0.25, -0.2) is 4.68 Å². The van der Waals surface area contributed by atoms with Crippen molar-refractivity contribution in [1.82, 2.24) is 34.5 Å². The van der Waals surface area contributed by atoms with Gasteiger partial charge in [0.25, 0.3) is 5.56 Å². The summed E-state index contributed by atoms with van der Waals surface area (Å²) in [6.07, 6.45) is 3.21. The molecule has 3 aromatic rings. The Bertz CT molecular complexity index is 1120. The second-order valence-electron chi connectivity index (χ2n) is 8.00. The Morgan fingerprint density at radius 2 is 1.84 bits per heavy atom. The van der Waals surface area contributed by atoms with Crippen LogP contribution in [0.4, 0.5) is 0 Å². The van der Waals surface area contributed by atoms with Crippen LogP contribution in [0.1, 0.15) is 38.8 Å². The fourth-order valence-electron chi connectivity index (χ4n) is 4.32. The van der Waals surface area contributed by atoms with E-state index in [1.165, 1.54) is 16.4 Å². The van der Waals surface area contributed by atoms with Crippen molar-refractivity contribution in [1.29, 1.82) is 0 Å². The number of hydrogen-bond acceptors (Lipinski definition) is 6. The lowest BCUT2D eigenvalue weighted by Gasteiger charge is -2.39. The van der Waals surface area contributed by atoms with Crippen LogP contribution < -0.4 is 5.56 Å². The number of benzene rings is 1. The number of thioether (sulfide) groups is 1. The van der Waals surface area contributed by atoms with Crippen molar-refractivity contribution >= 4 is 17.7 Å². The minimum Gasteiger partial charge on any atom is -0.337 e. The zero-order valence-electron chi connectivity index (χ0n) is 18.2. The summed E-state index contributed by atoms with van der Waals surface area (Å²) in [5, 5.41) is 12.3. The molecule has 2 unspecified atom stereocenters. The first-order chi connectivity index (χ1) is 14.9. The molecule has 1 aliphatic heterocycles. The number of aromatic nitrogens is 6. The van der Waals surface area contributed by atoms with Gasteiger partial charge in [0.15, 0.2) is 5.69 Å². The number of carbonyl (C=O) groups excluding carboxylic acids is 1. The third kappa shape index (κ3) is 3.91. The Kier molecular flexibility index (Phi) is 5.99. The van der Waals surface area contributed by atoms with E-state index in [2.05, 4.69) is 29.4 Å². The van der Waals surface area contributed by atoms with Gasteiger partial charge in [0.05, 0.1) is 17.1 Å². The molecule has 0 radical (unpaired) electrons. The van der Waals surface area contributed by atoms with Crippen LogP contribution in [0, 0.1) is 6.92 Å². The van der Waals surface area contributed by atoms with E-state index in [9.17, 15) is 9.59 Å². The molecule has 0 saturated carbocycles. The lowest BCUT2D eigenvalue weighted by atomic mass is 9.98. The molecule has 2 aromatic heterocycles. The first-order valence-corrected chi connectivity index (χ1v) is 11.5. The third-order valence-corrected chi connectivity index (χ3v) is 6.89. The maximum absolute atomic E-state index is 13.3. The number of hydrogen-bond donors (Lipinski definition) is 0. The molecular weight excluding hydrogens is 414 g/mol.